The molecule has 2 rings (SSSR count). The molecule has 0 unspecified atom stereocenters. The number of aromatic nitrogens is 4. The Morgan fingerprint density at radius 3 is 3.06 bits per heavy atom. The zero-order valence-electron chi connectivity index (χ0n) is 9.27. The van der Waals surface area contributed by atoms with E-state index in [0.717, 1.165) is 5.82 Å². The SMILES string of the molecule is Cc1nc(N(C)CCN)cc2n[nH]c(=O)n12. The van der Waals surface area contributed by atoms with Gasteiger partial charge in [0.15, 0.2) is 5.65 Å². The first-order valence-corrected chi connectivity index (χ1v) is 4.99. The smallest absolute Gasteiger partial charge is 0.349 e. The van der Waals surface area contributed by atoms with Gasteiger partial charge in [-0.2, -0.15) is 5.10 Å². The van der Waals surface area contributed by atoms with Gasteiger partial charge in [0.1, 0.15) is 11.6 Å². The highest BCUT2D eigenvalue weighted by Crippen LogP contribution is 2.11. The molecule has 0 aliphatic heterocycles. The maximum Gasteiger partial charge on any atom is 0.349 e. The lowest BCUT2D eigenvalue weighted by Crippen LogP contribution is -2.26. The molecule has 0 aromatic carbocycles. The van der Waals surface area contributed by atoms with Crippen LogP contribution in [0.5, 0.6) is 0 Å². The Bertz CT molecular complexity index is 557. The van der Waals surface area contributed by atoms with Crippen LogP contribution in [0.15, 0.2) is 10.9 Å². The van der Waals surface area contributed by atoms with Crippen LogP contribution in [-0.4, -0.2) is 39.7 Å². The van der Waals surface area contributed by atoms with Crippen molar-refractivity contribution in [3.63, 3.8) is 0 Å². The van der Waals surface area contributed by atoms with Gasteiger partial charge in [-0.3, -0.25) is 0 Å². The number of anilines is 1. The summed E-state index contributed by atoms with van der Waals surface area (Å²) in [5, 5.41) is 6.30. The fraction of sp³-hybridized carbons (Fsp3) is 0.444. The molecule has 7 nitrogen and oxygen atoms in total. The van der Waals surface area contributed by atoms with Gasteiger partial charge in [-0.15, -0.1) is 0 Å². The molecular weight excluding hydrogens is 208 g/mol. The Kier molecular flexibility index (Phi) is 2.61. The summed E-state index contributed by atoms with van der Waals surface area (Å²) in [6.07, 6.45) is 0. The molecule has 0 radical (unpaired) electrons. The van der Waals surface area contributed by atoms with Crippen LogP contribution in [-0.2, 0) is 0 Å². The van der Waals surface area contributed by atoms with E-state index in [1.54, 1.807) is 13.0 Å². The van der Waals surface area contributed by atoms with Gasteiger partial charge >= 0.3 is 5.69 Å². The fourth-order valence-corrected chi connectivity index (χ4v) is 1.59. The van der Waals surface area contributed by atoms with E-state index in [0.29, 0.717) is 24.6 Å². The van der Waals surface area contributed by atoms with Crippen molar-refractivity contribution in [2.24, 2.45) is 5.73 Å². The van der Waals surface area contributed by atoms with E-state index in [9.17, 15) is 4.79 Å². The Labute approximate surface area is 91.9 Å². The van der Waals surface area contributed by atoms with Crippen molar-refractivity contribution in [2.75, 3.05) is 25.0 Å². The van der Waals surface area contributed by atoms with Crippen LogP contribution in [0.1, 0.15) is 5.82 Å². The number of aryl methyl sites for hydroxylation is 1. The van der Waals surface area contributed by atoms with Crippen molar-refractivity contribution in [3.8, 4) is 0 Å². The average molecular weight is 222 g/mol. The van der Waals surface area contributed by atoms with Crippen LogP contribution in [0.2, 0.25) is 0 Å². The number of hydrogen-bond acceptors (Lipinski definition) is 5. The lowest BCUT2D eigenvalue weighted by Gasteiger charge is -2.17. The van der Waals surface area contributed by atoms with Crippen LogP contribution < -0.4 is 16.3 Å². The molecule has 0 fully saturated rings. The highest BCUT2D eigenvalue weighted by atomic mass is 16.1. The van der Waals surface area contributed by atoms with E-state index in [-0.39, 0.29) is 5.69 Å². The molecule has 0 saturated heterocycles. The highest BCUT2D eigenvalue weighted by molar-refractivity contribution is 5.50. The first kappa shape index (κ1) is 10.6. The number of nitrogens with two attached hydrogens (primary N) is 1. The maximum atomic E-state index is 11.4. The second kappa shape index (κ2) is 3.93. The lowest BCUT2D eigenvalue weighted by atomic mass is 10.4. The minimum Gasteiger partial charge on any atom is -0.358 e. The summed E-state index contributed by atoms with van der Waals surface area (Å²) in [4.78, 5) is 17.6. The molecule has 2 aromatic heterocycles. The van der Waals surface area contributed by atoms with E-state index >= 15 is 0 Å². The Morgan fingerprint density at radius 2 is 2.38 bits per heavy atom. The molecule has 2 aromatic rings. The molecule has 86 valence electrons. The maximum absolute atomic E-state index is 11.4. The number of nitrogens with one attached hydrogen (secondary N) is 1. The normalized spacial score (nSPS) is 10.9. The minimum atomic E-state index is -0.270. The molecule has 0 atom stereocenters. The monoisotopic (exact) mass is 222 g/mol. The third kappa shape index (κ3) is 1.65. The summed E-state index contributed by atoms with van der Waals surface area (Å²) in [6.45, 7) is 3.02. The number of nitrogens with zero attached hydrogens (tertiary/aromatic N) is 4. The standard InChI is InChI=1S/C9H14N6O/c1-6-11-7(14(2)4-3-10)5-8-12-13-9(16)15(6)8/h5H,3-4,10H2,1-2H3,(H,13,16). The van der Waals surface area contributed by atoms with Gasteiger partial charge in [-0.1, -0.05) is 0 Å². The molecule has 7 heteroatoms. The Hall–Kier alpha value is -1.89. The van der Waals surface area contributed by atoms with Gasteiger partial charge in [0.2, 0.25) is 0 Å². The molecule has 0 amide bonds. The molecule has 0 aliphatic rings. The lowest BCUT2D eigenvalue weighted by molar-refractivity contribution is 0.847. The van der Waals surface area contributed by atoms with Crippen LogP contribution in [0.4, 0.5) is 5.82 Å². The minimum absolute atomic E-state index is 0.270. The largest absolute Gasteiger partial charge is 0.358 e. The third-order valence-electron chi connectivity index (χ3n) is 2.41. The predicted octanol–water partition coefficient (Wildman–Crippen LogP) is -0.879. The Morgan fingerprint density at radius 1 is 1.62 bits per heavy atom. The molecule has 0 aliphatic carbocycles. The quantitative estimate of drug-likeness (QED) is 0.703. The number of fused-ring (bicyclic) bond motifs is 1. The predicted molar refractivity (Wildman–Crippen MR) is 60.7 cm³/mol. The molecule has 0 saturated carbocycles. The second-order valence-electron chi connectivity index (χ2n) is 3.59. The van der Waals surface area contributed by atoms with Gasteiger partial charge in [0, 0.05) is 26.2 Å². The summed E-state index contributed by atoms with van der Waals surface area (Å²) in [5.41, 5.74) is 5.77. The van der Waals surface area contributed by atoms with Gasteiger partial charge in [0.25, 0.3) is 0 Å². The van der Waals surface area contributed by atoms with Gasteiger partial charge in [-0.25, -0.2) is 19.3 Å². The van der Waals surface area contributed by atoms with Crippen molar-refractivity contribution in [2.45, 2.75) is 6.92 Å². The van der Waals surface area contributed by atoms with Crippen molar-refractivity contribution < 1.29 is 0 Å². The van der Waals surface area contributed by atoms with E-state index in [4.69, 9.17) is 5.73 Å². The highest BCUT2D eigenvalue weighted by Gasteiger charge is 2.09. The van der Waals surface area contributed by atoms with Crippen LogP contribution in [0.3, 0.4) is 0 Å². The molecular formula is C9H14N6O. The summed E-state index contributed by atoms with van der Waals surface area (Å²) >= 11 is 0. The van der Waals surface area contributed by atoms with E-state index in [1.165, 1.54) is 4.40 Å². The van der Waals surface area contributed by atoms with Gasteiger partial charge in [0.05, 0.1) is 0 Å². The van der Waals surface area contributed by atoms with E-state index < -0.39 is 0 Å². The summed E-state index contributed by atoms with van der Waals surface area (Å²) < 4.78 is 1.43. The molecule has 0 spiro atoms. The second-order valence-corrected chi connectivity index (χ2v) is 3.59. The number of H-pyrrole nitrogens is 1. The van der Waals surface area contributed by atoms with Crippen molar-refractivity contribution in [1.82, 2.24) is 19.6 Å². The van der Waals surface area contributed by atoms with Crippen molar-refractivity contribution >= 4 is 11.5 Å². The fourth-order valence-electron chi connectivity index (χ4n) is 1.59. The number of aromatic amines is 1. The zero-order chi connectivity index (χ0) is 11.7. The molecule has 3 N–H and O–H groups in total. The van der Waals surface area contributed by atoms with E-state index in [2.05, 4.69) is 15.2 Å². The van der Waals surface area contributed by atoms with Crippen LogP contribution in [0, 0.1) is 6.92 Å². The van der Waals surface area contributed by atoms with Crippen LogP contribution in [0.25, 0.3) is 5.65 Å². The van der Waals surface area contributed by atoms with Crippen LogP contribution >= 0.6 is 0 Å². The van der Waals surface area contributed by atoms with Crippen molar-refractivity contribution in [3.05, 3.63) is 22.4 Å². The molecule has 2 heterocycles. The molecule has 16 heavy (non-hydrogen) atoms. The third-order valence-corrected chi connectivity index (χ3v) is 2.41. The number of hydrogen-bond donors (Lipinski definition) is 2. The topological polar surface area (TPSA) is 92.3 Å². The van der Waals surface area contributed by atoms with Gasteiger partial charge < -0.3 is 10.6 Å². The average Bonchev–Trinajstić information content (AvgIpc) is 2.61. The van der Waals surface area contributed by atoms with Crippen molar-refractivity contribution in [1.29, 1.82) is 0 Å². The first-order chi connectivity index (χ1) is 7.63. The number of likely N-dealkylation sites (N-methyl/N-ethyl adjacent to an activating group) is 1. The summed E-state index contributed by atoms with van der Waals surface area (Å²) in [5.74, 6) is 1.37. The van der Waals surface area contributed by atoms with E-state index in [1.807, 2.05) is 11.9 Å². The summed E-state index contributed by atoms with van der Waals surface area (Å²) in [6, 6.07) is 1.75. The summed E-state index contributed by atoms with van der Waals surface area (Å²) in [7, 11) is 1.90. The molecule has 0 bridgehead atoms. The Balaban J connectivity index is 2.54. The number of rotatable bonds is 3. The van der Waals surface area contributed by atoms with Gasteiger partial charge in [-0.05, 0) is 6.92 Å². The zero-order valence-corrected chi connectivity index (χ0v) is 9.27. The first-order valence-electron chi connectivity index (χ1n) is 4.99.